The van der Waals surface area contributed by atoms with Crippen LogP contribution in [0.4, 0.5) is 0 Å². The van der Waals surface area contributed by atoms with E-state index in [1.807, 2.05) is 0 Å². The lowest BCUT2D eigenvalue weighted by Gasteiger charge is -2.37. The number of hydrogen-bond donors (Lipinski definition) is 0. The van der Waals surface area contributed by atoms with E-state index >= 15 is 0 Å². The molecule has 0 aliphatic heterocycles. The number of rotatable bonds is 3. The van der Waals surface area contributed by atoms with Crippen LogP contribution in [0.25, 0.3) is 0 Å². The van der Waals surface area contributed by atoms with E-state index in [2.05, 4.69) is 40.8 Å². The molecule has 0 amide bonds. The van der Waals surface area contributed by atoms with Crippen LogP contribution in [0.15, 0.2) is 0 Å². The van der Waals surface area contributed by atoms with Gasteiger partial charge in [-0.25, -0.2) is 0 Å². The molecule has 1 fully saturated rings. The third kappa shape index (κ3) is 2.95. The number of carbonyl (C=O) groups is 1. The molecule has 0 bridgehead atoms. The van der Waals surface area contributed by atoms with Gasteiger partial charge in [-0.15, -0.1) is 0 Å². The summed E-state index contributed by atoms with van der Waals surface area (Å²) in [5.74, 6) is 1.09. The summed E-state index contributed by atoms with van der Waals surface area (Å²) in [7, 11) is -1.64. The van der Waals surface area contributed by atoms with Gasteiger partial charge in [-0.2, -0.15) is 0 Å². The first-order valence-corrected chi connectivity index (χ1v) is 9.22. The minimum atomic E-state index is -1.64. The van der Waals surface area contributed by atoms with E-state index < -0.39 is 8.32 Å². The van der Waals surface area contributed by atoms with Crippen LogP contribution in [0.2, 0.25) is 18.1 Å². The van der Waals surface area contributed by atoms with E-state index in [1.165, 1.54) is 0 Å². The molecule has 0 aromatic heterocycles. The number of Topliss-reactive ketones (excluding diaryl/α,β-unsaturated/α-hetero) is 1. The van der Waals surface area contributed by atoms with Crippen LogP contribution in [-0.4, -0.2) is 20.7 Å². The Hall–Kier alpha value is -0.153. The van der Waals surface area contributed by atoms with Crippen molar-refractivity contribution in [3.05, 3.63) is 0 Å². The van der Waals surface area contributed by atoms with Gasteiger partial charge in [0.1, 0.15) is 5.78 Å². The third-order valence-corrected chi connectivity index (χ3v) is 8.94. The maximum atomic E-state index is 11.5. The van der Waals surface area contributed by atoms with Gasteiger partial charge >= 0.3 is 0 Å². The predicted molar refractivity (Wildman–Crippen MR) is 70.0 cm³/mol. The molecule has 0 radical (unpaired) electrons. The van der Waals surface area contributed by atoms with Crippen LogP contribution in [0.5, 0.6) is 0 Å². The monoisotopic (exact) mass is 242 g/mol. The highest BCUT2D eigenvalue weighted by molar-refractivity contribution is 6.74. The smallest absolute Gasteiger partial charge is 0.191 e. The zero-order valence-electron chi connectivity index (χ0n) is 11.6. The van der Waals surface area contributed by atoms with E-state index in [1.54, 1.807) is 0 Å². The molecule has 0 heterocycles. The lowest BCUT2D eigenvalue weighted by molar-refractivity contribution is -0.120. The van der Waals surface area contributed by atoms with Crippen molar-refractivity contribution in [2.45, 2.75) is 58.7 Å². The Morgan fingerprint density at radius 2 is 1.94 bits per heavy atom. The molecule has 0 aromatic carbocycles. The number of carbonyl (C=O) groups excluding carboxylic acids is 1. The van der Waals surface area contributed by atoms with Crippen LogP contribution in [0.1, 0.15) is 40.5 Å². The molecule has 0 saturated heterocycles. The number of ketones is 1. The summed E-state index contributed by atoms with van der Waals surface area (Å²) in [4.78, 5) is 11.5. The van der Waals surface area contributed by atoms with Crippen LogP contribution in [0, 0.1) is 11.8 Å². The van der Waals surface area contributed by atoms with Crippen molar-refractivity contribution in [3.8, 4) is 0 Å². The molecule has 0 spiro atoms. The summed E-state index contributed by atoms with van der Waals surface area (Å²) < 4.78 is 6.18. The largest absolute Gasteiger partial charge is 0.417 e. The summed E-state index contributed by atoms with van der Waals surface area (Å²) in [5, 5.41) is 0.263. The summed E-state index contributed by atoms with van der Waals surface area (Å²) in [6.07, 6.45) is 1.78. The van der Waals surface area contributed by atoms with Gasteiger partial charge in [0.25, 0.3) is 0 Å². The van der Waals surface area contributed by atoms with Crippen LogP contribution < -0.4 is 0 Å². The molecule has 1 aliphatic carbocycles. The Labute approximate surface area is 101 Å². The highest BCUT2D eigenvalue weighted by Gasteiger charge is 2.39. The average Bonchev–Trinajstić information content (AvgIpc) is 2.43. The first-order valence-electron chi connectivity index (χ1n) is 6.32. The second-order valence-corrected chi connectivity index (χ2v) is 11.4. The maximum Gasteiger partial charge on any atom is 0.191 e. The van der Waals surface area contributed by atoms with Gasteiger partial charge in [-0.1, -0.05) is 27.7 Å². The van der Waals surface area contributed by atoms with Gasteiger partial charge in [0.05, 0.1) is 0 Å². The van der Waals surface area contributed by atoms with E-state index in [4.69, 9.17) is 4.43 Å². The van der Waals surface area contributed by atoms with Crippen LogP contribution in [0.3, 0.4) is 0 Å². The molecule has 1 aliphatic rings. The minimum absolute atomic E-state index is 0.213. The van der Waals surface area contributed by atoms with Gasteiger partial charge in [0.15, 0.2) is 8.32 Å². The molecule has 2 unspecified atom stereocenters. The standard InChI is InChI=1S/C13H26O2Si/c1-10-11(7-8-12(10)14)9-15-16(5,6)13(2,3)4/h10-11H,7-9H2,1-6H3. The quantitative estimate of drug-likeness (QED) is 0.707. The van der Waals surface area contributed by atoms with E-state index in [-0.39, 0.29) is 11.0 Å². The molecule has 2 atom stereocenters. The third-order valence-electron chi connectivity index (χ3n) is 4.44. The summed E-state index contributed by atoms with van der Waals surface area (Å²) in [6, 6.07) is 0. The molecule has 94 valence electrons. The SMILES string of the molecule is CC1C(=O)CCC1CO[Si](C)(C)C(C)(C)C. The topological polar surface area (TPSA) is 26.3 Å². The highest BCUT2D eigenvalue weighted by Crippen LogP contribution is 2.38. The van der Waals surface area contributed by atoms with Crippen molar-refractivity contribution in [2.24, 2.45) is 11.8 Å². The van der Waals surface area contributed by atoms with E-state index in [0.717, 1.165) is 19.4 Å². The maximum absolute atomic E-state index is 11.5. The molecule has 0 N–H and O–H groups in total. The molecule has 16 heavy (non-hydrogen) atoms. The lowest BCUT2D eigenvalue weighted by Crippen LogP contribution is -2.42. The van der Waals surface area contributed by atoms with Crippen molar-refractivity contribution < 1.29 is 9.22 Å². The fourth-order valence-electron chi connectivity index (χ4n) is 1.83. The number of hydrogen-bond acceptors (Lipinski definition) is 2. The molecule has 2 nitrogen and oxygen atoms in total. The normalized spacial score (nSPS) is 27.5. The highest BCUT2D eigenvalue weighted by atomic mass is 28.4. The minimum Gasteiger partial charge on any atom is -0.417 e. The van der Waals surface area contributed by atoms with Gasteiger partial charge in [0, 0.05) is 18.9 Å². The summed E-state index contributed by atoms with van der Waals surface area (Å²) in [5.41, 5.74) is 0. The first kappa shape index (κ1) is 13.9. The van der Waals surface area contributed by atoms with E-state index in [0.29, 0.717) is 11.7 Å². The molecule has 1 rings (SSSR count). The Morgan fingerprint density at radius 3 is 2.31 bits per heavy atom. The zero-order valence-corrected chi connectivity index (χ0v) is 12.6. The van der Waals surface area contributed by atoms with E-state index in [9.17, 15) is 4.79 Å². The Bertz CT molecular complexity index is 266. The first-order chi connectivity index (χ1) is 7.15. The van der Waals surface area contributed by atoms with Crippen molar-refractivity contribution >= 4 is 14.1 Å². The van der Waals surface area contributed by atoms with Gasteiger partial charge in [0.2, 0.25) is 0 Å². The molecule has 0 aromatic rings. The lowest BCUT2D eigenvalue weighted by atomic mass is 9.99. The van der Waals surface area contributed by atoms with Crippen molar-refractivity contribution in [1.29, 1.82) is 0 Å². The Balaban J connectivity index is 2.49. The average molecular weight is 242 g/mol. The Morgan fingerprint density at radius 1 is 1.38 bits per heavy atom. The molecule has 3 heteroatoms. The van der Waals surface area contributed by atoms with Crippen LogP contribution in [-0.2, 0) is 9.22 Å². The van der Waals surface area contributed by atoms with Crippen molar-refractivity contribution in [1.82, 2.24) is 0 Å². The zero-order chi connectivity index (χ0) is 12.6. The predicted octanol–water partition coefficient (Wildman–Crippen LogP) is 3.62. The van der Waals surface area contributed by atoms with Crippen molar-refractivity contribution in [3.63, 3.8) is 0 Å². The molecular weight excluding hydrogens is 216 g/mol. The summed E-state index contributed by atoms with van der Waals surface area (Å²) in [6.45, 7) is 14.1. The fourth-order valence-corrected chi connectivity index (χ4v) is 2.89. The van der Waals surface area contributed by atoms with Gasteiger partial charge < -0.3 is 4.43 Å². The second kappa shape index (κ2) is 4.61. The van der Waals surface area contributed by atoms with Crippen molar-refractivity contribution in [2.75, 3.05) is 6.61 Å². The van der Waals surface area contributed by atoms with Gasteiger partial charge in [-0.3, -0.25) is 4.79 Å². The second-order valence-electron chi connectivity index (χ2n) is 6.63. The molecular formula is C13H26O2Si. The molecule has 1 saturated carbocycles. The fraction of sp³-hybridized carbons (Fsp3) is 0.923. The van der Waals surface area contributed by atoms with Crippen LogP contribution >= 0.6 is 0 Å². The van der Waals surface area contributed by atoms with Gasteiger partial charge in [-0.05, 0) is 30.5 Å². The Kier molecular flexibility index (Phi) is 4.01. The summed E-state index contributed by atoms with van der Waals surface area (Å²) >= 11 is 0.